The summed E-state index contributed by atoms with van der Waals surface area (Å²) in [6.07, 6.45) is 3.69. The number of ether oxygens (including phenoxy) is 1. The number of nitrogens with zero attached hydrogens (tertiary/aromatic N) is 2. The molecule has 0 aliphatic rings. The van der Waals surface area contributed by atoms with Gasteiger partial charge in [-0.3, -0.25) is 4.99 Å². The predicted molar refractivity (Wildman–Crippen MR) is 138 cm³/mol. The second-order valence-corrected chi connectivity index (χ2v) is 8.27. The van der Waals surface area contributed by atoms with Crippen LogP contribution in [-0.4, -0.2) is 23.4 Å². The summed E-state index contributed by atoms with van der Waals surface area (Å²) in [5.41, 5.74) is 8.26. The third-order valence-corrected chi connectivity index (χ3v) is 6.08. The van der Waals surface area contributed by atoms with Crippen molar-refractivity contribution >= 4 is 17.1 Å². The lowest BCUT2D eigenvalue weighted by atomic mass is 9.83. The lowest BCUT2D eigenvalue weighted by Crippen LogP contribution is -2.05. The van der Waals surface area contributed by atoms with E-state index in [1.807, 2.05) is 50.4 Å². The maximum Gasteiger partial charge on any atom is 0.214 e. The van der Waals surface area contributed by atoms with Crippen molar-refractivity contribution in [2.24, 2.45) is 4.99 Å². The molecular formula is C30H28N2O2. The monoisotopic (exact) mass is 448 g/mol. The van der Waals surface area contributed by atoms with Crippen LogP contribution in [0.4, 0.5) is 0 Å². The summed E-state index contributed by atoms with van der Waals surface area (Å²) in [7, 11) is 1.63. The molecule has 0 fully saturated rings. The summed E-state index contributed by atoms with van der Waals surface area (Å²) in [6, 6.07) is 26.4. The summed E-state index contributed by atoms with van der Waals surface area (Å²) < 4.78 is 5.47. The first-order valence-corrected chi connectivity index (χ1v) is 11.3. The molecule has 4 aromatic rings. The van der Waals surface area contributed by atoms with Crippen LogP contribution in [0.15, 0.2) is 77.4 Å². The van der Waals surface area contributed by atoms with E-state index in [0.29, 0.717) is 5.88 Å². The Labute approximate surface area is 201 Å². The van der Waals surface area contributed by atoms with Gasteiger partial charge in [0.2, 0.25) is 5.88 Å². The van der Waals surface area contributed by atoms with Crippen LogP contribution in [0.2, 0.25) is 0 Å². The fourth-order valence-corrected chi connectivity index (χ4v) is 4.28. The van der Waals surface area contributed by atoms with Crippen LogP contribution in [0, 0.1) is 19.1 Å². The first-order valence-electron chi connectivity index (χ1n) is 11.3. The molecule has 0 aliphatic carbocycles. The number of pyridine rings is 1. The highest BCUT2D eigenvalue weighted by molar-refractivity contribution is 5.95. The minimum atomic E-state index is -0.0235. The van der Waals surface area contributed by atoms with Crippen molar-refractivity contribution in [3.05, 3.63) is 107 Å². The van der Waals surface area contributed by atoms with Crippen molar-refractivity contribution in [1.82, 2.24) is 4.98 Å². The smallest absolute Gasteiger partial charge is 0.214 e. The molecule has 4 rings (SSSR count). The molecular weight excluding hydrogens is 420 g/mol. The average molecular weight is 449 g/mol. The standard InChI is InChI=1S/C30H28N2O2/c1-5-31-18-21(3)30(23-12-11-20(2)25(15-23)19-33)24-13-14-28-27(16-24)26(17-29(32-28)34-4)22-9-7-6-8-10-22/h5,7,9-18,30,33H,19H2,1-4H3/b21-18+,31-5?. The topological polar surface area (TPSA) is 54.7 Å². The van der Waals surface area contributed by atoms with E-state index >= 15 is 0 Å². The molecule has 0 aliphatic heterocycles. The number of allylic oxidation sites excluding steroid dienone is 1. The van der Waals surface area contributed by atoms with Crippen LogP contribution in [0.1, 0.15) is 42.0 Å². The first-order chi connectivity index (χ1) is 16.5. The Hall–Kier alpha value is -3.94. The normalized spacial score (nSPS) is 12.7. The van der Waals surface area contributed by atoms with Crippen LogP contribution >= 0.6 is 0 Å². The maximum absolute atomic E-state index is 9.86. The van der Waals surface area contributed by atoms with Gasteiger partial charge in [-0.05, 0) is 90.1 Å². The van der Waals surface area contributed by atoms with Gasteiger partial charge in [0, 0.05) is 29.8 Å². The highest BCUT2D eigenvalue weighted by Gasteiger charge is 2.19. The minimum Gasteiger partial charge on any atom is -0.481 e. The number of fused-ring (bicyclic) bond motifs is 1. The van der Waals surface area contributed by atoms with Gasteiger partial charge in [-0.15, -0.1) is 0 Å². The SMILES string of the molecule is CC=N/C=C(\C)C(c1ccc(C)c(CO)c1)c1ccc2nc(OC)cc(-c3cc#ccc3)c2c1. The third kappa shape index (κ3) is 4.71. The number of aliphatic imine (C=N–C) groups is 1. The molecule has 0 amide bonds. The summed E-state index contributed by atoms with van der Waals surface area (Å²) in [5, 5.41) is 10.9. The van der Waals surface area contributed by atoms with Crippen LogP contribution in [0.25, 0.3) is 22.0 Å². The number of aromatic nitrogens is 1. The largest absolute Gasteiger partial charge is 0.481 e. The van der Waals surface area contributed by atoms with Gasteiger partial charge >= 0.3 is 0 Å². The number of methoxy groups -OCH3 is 1. The van der Waals surface area contributed by atoms with Crippen LogP contribution < -0.4 is 4.74 Å². The van der Waals surface area contributed by atoms with Crippen LogP contribution in [0.5, 0.6) is 5.88 Å². The van der Waals surface area contributed by atoms with Crippen LogP contribution in [0.3, 0.4) is 0 Å². The Kier molecular flexibility index (Phi) is 7.06. The van der Waals surface area contributed by atoms with E-state index in [-0.39, 0.29) is 12.5 Å². The van der Waals surface area contributed by atoms with E-state index in [4.69, 9.17) is 4.74 Å². The number of rotatable bonds is 7. The van der Waals surface area contributed by atoms with Gasteiger partial charge < -0.3 is 9.84 Å². The molecule has 0 saturated heterocycles. The van der Waals surface area contributed by atoms with Crippen molar-refractivity contribution < 1.29 is 9.84 Å². The lowest BCUT2D eigenvalue weighted by molar-refractivity contribution is 0.281. The van der Waals surface area contributed by atoms with E-state index in [1.165, 1.54) is 0 Å². The number of hydrogen-bond donors (Lipinski definition) is 1. The Morgan fingerprint density at radius 1 is 1.12 bits per heavy atom. The Bertz CT molecular complexity index is 1360. The van der Waals surface area contributed by atoms with Crippen molar-refractivity contribution in [1.29, 1.82) is 0 Å². The first kappa shape index (κ1) is 23.2. The van der Waals surface area contributed by atoms with Gasteiger partial charge in [0.1, 0.15) is 0 Å². The highest BCUT2D eigenvalue weighted by atomic mass is 16.5. The van der Waals surface area contributed by atoms with Crippen molar-refractivity contribution in [3.8, 4) is 17.0 Å². The van der Waals surface area contributed by atoms with Gasteiger partial charge in [-0.2, -0.15) is 0 Å². The molecule has 1 aromatic heterocycles. The molecule has 1 N–H and O–H groups in total. The summed E-state index contributed by atoms with van der Waals surface area (Å²) in [6.45, 7) is 6.03. The quantitative estimate of drug-likeness (QED) is 0.331. The molecule has 1 heterocycles. The van der Waals surface area contributed by atoms with E-state index in [2.05, 4.69) is 59.4 Å². The number of aliphatic hydroxyl groups is 1. The lowest BCUT2D eigenvalue weighted by Gasteiger charge is -2.21. The number of aliphatic hydroxyl groups excluding tert-OH is 1. The Morgan fingerprint density at radius 3 is 2.62 bits per heavy atom. The summed E-state index contributed by atoms with van der Waals surface area (Å²) >= 11 is 0. The molecule has 0 spiro atoms. The van der Waals surface area contributed by atoms with E-state index < -0.39 is 0 Å². The van der Waals surface area contributed by atoms with Gasteiger partial charge in [0.15, 0.2) is 0 Å². The van der Waals surface area contributed by atoms with Gasteiger partial charge in [-0.25, -0.2) is 4.98 Å². The zero-order chi connectivity index (χ0) is 24.1. The molecule has 34 heavy (non-hydrogen) atoms. The summed E-state index contributed by atoms with van der Waals surface area (Å²) in [4.78, 5) is 9.06. The molecule has 4 nitrogen and oxygen atoms in total. The molecule has 0 bridgehead atoms. The molecule has 3 aromatic carbocycles. The van der Waals surface area contributed by atoms with Gasteiger partial charge in [0.05, 0.1) is 19.2 Å². The summed E-state index contributed by atoms with van der Waals surface area (Å²) in [5.74, 6) is 0.545. The van der Waals surface area contributed by atoms with Crippen molar-refractivity contribution in [2.45, 2.75) is 33.3 Å². The third-order valence-electron chi connectivity index (χ3n) is 6.08. The zero-order valence-corrected chi connectivity index (χ0v) is 20.0. The fourth-order valence-electron chi connectivity index (χ4n) is 4.28. The molecule has 170 valence electrons. The Balaban J connectivity index is 1.95. The average Bonchev–Trinajstić information content (AvgIpc) is 2.88. The maximum atomic E-state index is 9.86. The predicted octanol–water partition coefficient (Wildman–Crippen LogP) is 6.44. The molecule has 1 unspecified atom stereocenters. The van der Waals surface area contributed by atoms with Crippen molar-refractivity contribution in [2.75, 3.05) is 7.11 Å². The Morgan fingerprint density at radius 2 is 1.91 bits per heavy atom. The number of benzene rings is 2. The van der Waals surface area contributed by atoms with Crippen molar-refractivity contribution in [3.63, 3.8) is 0 Å². The molecule has 0 radical (unpaired) electrons. The fraction of sp³-hybridized carbons (Fsp3) is 0.200. The highest BCUT2D eigenvalue weighted by Crippen LogP contribution is 2.37. The zero-order valence-electron chi connectivity index (χ0n) is 20.0. The van der Waals surface area contributed by atoms with E-state index in [1.54, 1.807) is 13.3 Å². The number of aryl methyl sites for hydroxylation is 1. The second-order valence-electron chi connectivity index (χ2n) is 8.27. The molecule has 4 heteroatoms. The van der Waals surface area contributed by atoms with Gasteiger partial charge in [-0.1, -0.05) is 36.4 Å². The van der Waals surface area contributed by atoms with Crippen LogP contribution in [-0.2, 0) is 6.61 Å². The molecule has 1 atom stereocenters. The number of hydrogen-bond acceptors (Lipinski definition) is 4. The second kappa shape index (κ2) is 10.3. The van der Waals surface area contributed by atoms with E-state index in [9.17, 15) is 5.11 Å². The van der Waals surface area contributed by atoms with E-state index in [0.717, 1.165) is 49.9 Å². The minimum absolute atomic E-state index is 0.00930. The van der Waals surface area contributed by atoms with Gasteiger partial charge in [0.25, 0.3) is 0 Å². The molecule has 0 saturated carbocycles.